The molecule has 3 rings (SSSR count). The second-order valence-electron chi connectivity index (χ2n) is 4.31. The minimum absolute atomic E-state index is 0.218. The Balaban J connectivity index is 2.04. The Morgan fingerprint density at radius 1 is 1.26 bits per heavy atom. The van der Waals surface area contributed by atoms with E-state index in [4.69, 9.17) is 15.6 Å². The number of fused-ring (bicyclic) bond motifs is 1. The van der Waals surface area contributed by atoms with Gasteiger partial charge in [-0.1, -0.05) is 0 Å². The fourth-order valence-corrected chi connectivity index (χ4v) is 2.17. The first kappa shape index (κ1) is 12.2. The van der Waals surface area contributed by atoms with Gasteiger partial charge in [-0.25, -0.2) is 15.0 Å². The number of rotatable bonds is 2. The summed E-state index contributed by atoms with van der Waals surface area (Å²) in [4.78, 5) is 11.9. The molecule has 0 saturated carbocycles. The Bertz CT molecular complexity index is 603. The van der Waals surface area contributed by atoms with Gasteiger partial charge in [-0.15, -0.1) is 0 Å². The van der Waals surface area contributed by atoms with Crippen LogP contribution in [0.15, 0.2) is 12.7 Å². The topological polar surface area (TPSA) is 140 Å². The first-order chi connectivity index (χ1) is 9.13. The lowest BCUT2D eigenvalue weighted by molar-refractivity contribution is -0.0511. The predicted octanol–water partition coefficient (Wildman–Crippen LogP) is -1.98. The summed E-state index contributed by atoms with van der Waals surface area (Å²) in [5.74, 6) is 0.218. The zero-order valence-electron chi connectivity index (χ0n) is 9.79. The van der Waals surface area contributed by atoms with Crippen LogP contribution in [0.2, 0.25) is 0 Å². The van der Waals surface area contributed by atoms with Crippen LogP contribution in [-0.4, -0.2) is 59.8 Å². The van der Waals surface area contributed by atoms with E-state index in [1.54, 1.807) is 0 Å². The minimum atomic E-state index is -1.19. The lowest BCUT2D eigenvalue weighted by atomic mass is 10.1. The zero-order chi connectivity index (χ0) is 13.6. The van der Waals surface area contributed by atoms with E-state index in [0.717, 1.165) is 0 Å². The maximum absolute atomic E-state index is 9.95. The quantitative estimate of drug-likeness (QED) is 0.460. The monoisotopic (exact) mass is 270 g/mol. The van der Waals surface area contributed by atoms with Crippen molar-refractivity contribution < 1.29 is 20.1 Å². The third-order valence-corrected chi connectivity index (χ3v) is 3.18. The molecule has 3 heterocycles. The average Bonchev–Trinajstić information content (AvgIpc) is 2.94. The van der Waals surface area contributed by atoms with Gasteiger partial charge in [0.25, 0.3) is 0 Å². The Labute approximate surface area is 107 Å². The molecule has 1 aliphatic heterocycles. The fraction of sp³-hybridized carbons (Fsp3) is 0.500. The second kappa shape index (κ2) is 4.38. The maximum atomic E-state index is 9.95. The number of aromatic nitrogens is 4. The molecule has 0 bridgehead atoms. The highest BCUT2D eigenvalue weighted by Crippen LogP contribution is 2.31. The molecule has 19 heavy (non-hydrogen) atoms. The molecule has 9 nitrogen and oxygen atoms in total. The van der Waals surface area contributed by atoms with Crippen LogP contribution >= 0.6 is 0 Å². The van der Waals surface area contributed by atoms with E-state index in [1.165, 1.54) is 17.2 Å². The highest BCUT2D eigenvalue weighted by atomic mass is 16.6. The van der Waals surface area contributed by atoms with Crippen LogP contribution in [0, 0.1) is 0 Å². The summed E-state index contributed by atoms with van der Waals surface area (Å²) in [6.45, 7) is -0.390. The fourth-order valence-electron chi connectivity index (χ4n) is 2.17. The van der Waals surface area contributed by atoms with Gasteiger partial charge in [0.2, 0.25) is 0 Å². The summed E-state index contributed by atoms with van der Waals surface area (Å²) in [5.41, 5.74) is 6.44. The van der Waals surface area contributed by atoms with Crippen LogP contribution in [0.1, 0.15) is 6.23 Å². The number of imidazole rings is 1. The van der Waals surface area contributed by atoms with Crippen LogP contribution in [0.3, 0.4) is 0 Å². The lowest BCUT2D eigenvalue weighted by Crippen LogP contribution is -2.33. The number of nitrogens with two attached hydrogens (primary N) is 1. The highest BCUT2D eigenvalue weighted by Gasteiger charge is 2.43. The summed E-state index contributed by atoms with van der Waals surface area (Å²) >= 11 is 0. The van der Waals surface area contributed by atoms with Crippen molar-refractivity contribution >= 4 is 17.0 Å². The summed E-state index contributed by atoms with van der Waals surface area (Å²) in [7, 11) is 0. The number of ether oxygens (including phenoxy) is 1. The molecule has 0 spiro atoms. The average molecular weight is 270 g/mol. The SMILES string of the molecule is [15NH2]c1[15n]cnc2c1[15n]cn2[C@@H]1O[C@H](CO)[C@@H](O)[C@H]1O. The number of anilines is 1. The summed E-state index contributed by atoms with van der Waals surface area (Å²) in [6.07, 6.45) is -1.42. The van der Waals surface area contributed by atoms with E-state index in [-0.39, 0.29) is 5.82 Å². The van der Waals surface area contributed by atoms with Gasteiger partial charge in [-0.05, 0) is 0 Å². The van der Waals surface area contributed by atoms with E-state index >= 15 is 0 Å². The van der Waals surface area contributed by atoms with Crippen molar-refractivity contribution in [1.29, 1.82) is 0 Å². The highest BCUT2D eigenvalue weighted by molar-refractivity contribution is 5.81. The molecular weight excluding hydrogens is 257 g/mol. The Morgan fingerprint density at radius 2 is 2.05 bits per heavy atom. The van der Waals surface area contributed by atoms with Crippen LogP contribution in [0.4, 0.5) is 5.82 Å². The lowest BCUT2D eigenvalue weighted by Gasteiger charge is -2.16. The number of hydrogen-bond acceptors (Lipinski definition) is 8. The van der Waals surface area contributed by atoms with E-state index in [1.807, 2.05) is 0 Å². The Kier molecular flexibility index (Phi) is 2.82. The molecule has 2 aromatic heterocycles. The molecule has 0 aromatic carbocycles. The van der Waals surface area contributed by atoms with Gasteiger partial charge in [0.05, 0.1) is 12.9 Å². The molecule has 0 aliphatic carbocycles. The van der Waals surface area contributed by atoms with Crippen molar-refractivity contribution in [3.8, 4) is 0 Å². The van der Waals surface area contributed by atoms with E-state index in [9.17, 15) is 10.2 Å². The molecule has 9 heteroatoms. The number of aliphatic hydroxyl groups is 3. The van der Waals surface area contributed by atoms with Gasteiger partial charge in [0, 0.05) is 0 Å². The van der Waals surface area contributed by atoms with E-state index in [0.29, 0.717) is 11.2 Å². The number of hydrogen-bond donors (Lipinski definition) is 4. The van der Waals surface area contributed by atoms with Crippen LogP contribution in [0.5, 0.6) is 0 Å². The van der Waals surface area contributed by atoms with E-state index in [2.05, 4.69) is 15.0 Å². The largest absolute Gasteiger partial charge is 0.394 e. The van der Waals surface area contributed by atoms with Crippen LogP contribution < -0.4 is 5.73 Å². The first-order valence-electron chi connectivity index (χ1n) is 5.69. The standard InChI is InChI=1S/C10H13N5O4/c11-8-5-9(13-2-12-8)15(3-14-5)10-7(18)6(17)4(1-16)19-10/h2-4,6-7,10,16-18H,1H2,(H2,11,12,13)/t4-,6-,7-,10-/m1/s1/i11+1,12+1,14+1. The molecule has 102 valence electrons. The molecule has 4 atom stereocenters. The molecule has 0 amide bonds. The smallest absolute Gasteiger partial charge is 0.167 e. The molecular formula is C10H13N5O4. The summed E-state index contributed by atoms with van der Waals surface area (Å²) in [5, 5.41) is 28.7. The number of nitrogen functional groups attached to an aromatic ring is 1. The van der Waals surface area contributed by atoms with Crippen LogP contribution in [0.25, 0.3) is 11.2 Å². The molecule has 5 N–H and O–H groups in total. The third-order valence-electron chi connectivity index (χ3n) is 3.18. The van der Waals surface area contributed by atoms with Crippen molar-refractivity contribution in [3.63, 3.8) is 0 Å². The van der Waals surface area contributed by atoms with Crippen molar-refractivity contribution in [1.82, 2.24) is 19.5 Å². The van der Waals surface area contributed by atoms with Gasteiger partial charge in [-0.2, -0.15) is 0 Å². The van der Waals surface area contributed by atoms with Crippen molar-refractivity contribution in [2.75, 3.05) is 12.3 Å². The normalized spacial score (nSPS) is 31.1. The Hall–Kier alpha value is -1.81. The number of aliphatic hydroxyl groups excluding tert-OH is 3. The number of nitrogens with zero attached hydrogens (tertiary/aromatic N) is 4. The van der Waals surface area contributed by atoms with Gasteiger partial charge in [0.15, 0.2) is 17.7 Å². The Morgan fingerprint density at radius 3 is 2.74 bits per heavy atom. The van der Waals surface area contributed by atoms with Crippen molar-refractivity contribution in [2.24, 2.45) is 0 Å². The van der Waals surface area contributed by atoms with Gasteiger partial charge < -0.3 is 25.8 Å². The van der Waals surface area contributed by atoms with Gasteiger partial charge in [0.1, 0.15) is 30.2 Å². The molecule has 0 unspecified atom stereocenters. The first-order valence-corrected chi connectivity index (χ1v) is 5.69. The molecule has 2 aromatic rings. The molecule has 1 aliphatic rings. The van der Waals surface area contributed by atoms with Crippen molar-refractivity contribution in [2.45, 2.75) is 24.5 Å². The summed E-state index contributed by atoms with van der Waals surface area (Å²) < 4.78 is 6.85. The van der Waals surface area contributed by atoms with E-state index < -0.39 is 31.1 Å². The van der Waals surface area contributed by atoms with Crippen LogP contribution in [-0.2, 0) is 4.74 Å². The second-order valence-corrected chi connectivity index (χ2v) is 4.31. The minimum Gasteiger partial charge on any atom is -0.394 e. The third kappa shape index (κ3) is 1.75. The molecule has 1 fully saturated rings. The zero-order valence-corrected chi connectivity index (χ0v) is 9.79. The molecule has 0 radical (unpaired) electrons. The van der Waals surface area contributed by atoms with Gasteiger partial charge >= 0.3 is 0 Å². The predicted molar refractivity (Wildman–Crippen MR) is 62.7 cm³/mol. The maximum Gasteiger partial charge on any atom is 0.167 e. The molecule has 1 saturated heterocycles. The van der Waals surface area contributed by atoms with Gasteiger partial charge in [-0.3, -0.25) is 4.57 Å². The van der Waals surface area contributed by atoms with Crippen molar-refractivity contribution in [3.05, 3.63) is 12.7 Å². The summed E-state index contributed by atoms with van der Waals surface area (Å²) in [6, 6.07) is 0.